The fraction of sp³-hybridized carbons (Fsp3) is 0.667. The van der Waals surface area contributed by atoms with Gasteiger partial charge >= 0.3 is 0 Å². The number of aromatic nitrogens is 1. The number of aryl methyl sites for hydroxylation is 2. The minimum atomic E-state index is 0.0106. The highest BCUT2D eigenvalue weighted by atomic mass is 16.5. The van der Waals surface area contributed by atoms with Crippen molar-refractivity contribution in [1.29, 1.82) is 0 Å². The van der Waals surface area contributed by atoms with Gasteiger partial charge in [0.15, 0.2) is 0 Å². The Morgan fingerprint density at radius 3 is 2.88 bits per heavy atom. The van der Waals surface area contributed by atoms with E-state index in [1.807, 2.05) is 4.90 Å². The average molecular weight is 237 g/mol. The minimum absolute atomic E-state index is 0.0106. The van der Waals surface area contributed by atoms with Crippen LogP contribution < -0.4 is 5.73 Å². The maximum atomic E-state index is 12.4. The standard InChI is InChI=1S/C12H19N3O2/c1-8-11(9(2)17-14-8)12(16)15-6-4-3-5-10(15)7-13/h10H,3-7,13H2,1-2H3. The molecule has 0 bridgehead atoms. The zero-order chi connectivity index (χ0) is 12.4. The molecule has 0 aromatic carbocycles. The van der Waals surface area contributed by atoms with Crippen LogP contribution in [0.1, 0.15) is 41.1 Å². The van der Waals surface area contributed by atoms with E-state index in [2.05, 4.69) is 5.16 Å². The van der Waals surface area contributed by atoms with Gasteiger partial charge in [-0.2, -0.15) is 0 Å². The molecule has 0 saturated carbocycles. The number of likely N-dealkylation sites (tertiary alicyclic amines) is 1. The fourth-order valence-electron chi connectivity index (χ4n) is 2.44. The van der Waals surface area contributed by atoms with Gasteiger partial charge in [-0.1, -0.05) is 5.16 Å². The Bertz CT molecular complexity index is 394. The normalized spacial score (nSPS) is 20.6. The van der Waals surface area contributed by atoms with Crippen molar-refractivity contribution in [3.05, 3.63) is 17.0 Å². The molecule has 0 aliphatic carbocycles. The Labute approximate surface area is 101 Å². The summed E-state index contributed by atoms with van der Waals surface area (Å²) in [7, 11) is 0. The lowest BCUT2D eigenvalue weighted by atomic mass is 10.0. The molecular weight excluding hydrogens is 218 g/mol. The summed E-state index contributed by atoms with van der Waals surface area (Å²) in [6, 6.07) is 0.157. The number of piperidine rings is 1. The first kappa shape index (κ1) is 12.1. The van der Waals surface area contributed by atoms with E-state index in [1.54, 1.807) is 13.8 Å². The van der Waals surface area contributed by atoms with Crippen molar-refractivity contribution < 1.29 is 9.32 Å². The number of rotatable bonds is 2. The molecule has 1 saturated heterocycles. The Morgan fingerprint density at radius 1 is 1.53 bits per heavy atom. The van der Waals surface area contributed by atoms with Gasteiger partial charge in [0, 0.05) is 19.1 Å². The predicted molar refractivity (Wildman–Crippen MR) is 63.7 cm³/mol. The van der Waals surface area contributed by atoms with Gasteiger partial charge in [-0.05, 0) is 33.1 Å². The van der Waals surface area contributed by atoms with Gasteiger partial charge in [-0.3, -0.25) is 4.79 Å². The third-order valence-corrected chi connectivity index (χ3v) is 3.41. The molecule has 1 aromatic heterocycles. The van der Waals surface area contributed by atoms with E-state index in [-0.39, 0.29) is 11.9 Å². The molecule has 1 unspecified atom stereocenters. The largest absolute Gasteiger partial charge is 0.361 e. The number of hydrogen-bond acceptors (Lipinski definition) is 4. The summed E-state index contributed by atoms with van der Waals surface area (Å²) < 4.78 is 5.05. The summed E-state index contributed by atoms with van der Waals surface area (Å²) in [6.45, 7) is 4.87. The molecule has 0 spiro atoms. The SMILES string of the molecule is Cc1noc(C)c1C(=O)N1CCCCC1CN. The molecule has 17 heavy (non-hydrogen) atoms. The molecule has 1 aliphatic heterocycles. The van der Waals surface area contributed by atoms with Gasteiger partial charge in [0.25, 0.3) is 5.91 Å². The van der Waals surface area contributed by atoms with Crippen molar-refractivity contribution in [2.24, 2.45) is 5.73 Å². The third kappa shape index (κ3) is 2.20. The van der Waals surface area contributed by atoms with Crippen LogP contribution in [0.25, 0.3) is 0 Å². The Kier molecular flexibility index (Phi) is 3.47. The van der Waals surface area contributed by atoms with Crippen molar-refractivity contribution >= 4 is 5.91 Å². The first-order chi connectivity index (χ1) is 8.15. The van der Waals surface area contributed by atoms with Crippen LogP contribution in [0, 0.1) is 13.8 Å². The molecule has 2 heterocycles. The van der Waals surface area contributed by atoms with Crippen molar-refractivity contribution in [2.45, 2.75) is 39.2 Å². The van der Waals surface area contributed by atoms with E-state index < -0.39 is 0 Å². The maximum absolute atomic E-state index is 12.4. The first-order valence-corrected chi connectivity index (χ1v) is 6.09. The monoisotopic (exact) mass is 237 g/mol. The summed E-state index contributed by atoms with van der Waals surface area (Å²) in [6.07, 6.45) is 3.18. The second-order valence-corrected chi connectivity index (χ2v) is 4.58. The third-order valence-electron chi connectivity index (χ3n) is 3.41. The predicted octanol–water partition coefficient (Wildman–Crippen LogP) is 1.24. The summed E-state index contributed by atoms with van der Waals surface area (Å²) >= 11 is 0. The van der Waals surface area contributed by atoms with Gasteiger partial charge < -0.3 is 15.2 Å². The smallest absolute Gasteiger partial charge is 0.259 e. The summed E-state index contributed by atoms with van der Waals surface area (Å²) in [5, 5.41) is 3.83. The van der Waals surface area contributed by atoms with Crippen LogP contribution in [0.4, 0.5) is 0 Å². The van der Waals surface area contributed by atoms with E-state index in [9.17, 15) is 4.79 Å². The maximum Gasteiger partial charge on any atom is 0.259 e. The highest BCUT2D eigenvalue weighted by molar-refractivity contribution is 5.96. The molecule has 5 nitrogen and oxygen atoms in total. The number of nitrogens with zero attached hydrogens (tertiary/aromatic N) is 2. The quantitative estimate of drug-likeness (QED) is 0.840. The zero-order valence-electron chi connectivity index (χ0n) is 10.4. The van der Waals surface area contributed by atoms with Crippen LogP contribution >= 0.6 is 0 Å². The van der Waals surface area contributed by atoms with Gasteiger partial charge in [0.05, 0.1) is 5.69 Å². The molecule has 0 radical (unpaired) electrons. The topological polar surface area (TPSA) is 72.4 Å². The highest BCUT2D eigenvalue weighted by Gasteiger charge is 2.29. The van der Waals surface area contributed by atoms with Crippen LogP contribution in [0.2, 0.25) is 0 Å². The summed E-state index contributed by atoms with van der Waals surface area (Å²) in [4.78, 5) is 14.3. The van der Waals surface area contributed by atoms with E-state index in [1.165, 1.54) is 0 Å². The summed E-state index contributed by atoms with van der Waals surface area (Å²) in [5.41, 5.74) is 6.99. The lowest BCUT2D eigenvalue weighted by Crippen LogP contribution is -2.47. The number of carbonyl (C=O) groups is 1. The van der Waals surface area contributed by atoms with Gasteiger partial charge in [-0.15, -0.1) is 0 Å². The second-order valence-electron chi connectivity index (χ2n) is 4.58. The number of hydrogen-bond donors (Lipinski definition) is 1. The van der Waals surface area contributed by atoms with E-state index in [0.717, 1.165) is 25.8 Å². The van der Waals surface area contributed by atoms with Gasteiger partial charge in [0.1, 0.15) is 11.3 Å². The molecule has 5 heteroatoms. The van der Waals surface area contributed by atoms with Crippen LogP contribution in [-0.2, 0) is 0 Å². The number of amides is 1. The van der Waals surface area contributed by atoms with Crippen LogP contribution in [0.15, 0.2) is 4.52 Å². The van der Waals surface area contributed by atoms with E-state index >= 15 is 0 Å². The highest BCUT2D eigenvalue weighted by Crippen LogP contribution is 2.22. The molecule has 1 atom stereocenters. The van der Waals surface area contributed by atoms with Crippen molar-refractivity contribution in [3.63, 3.8) is 0 Å². The number of carbonyl (C=O) groups excluding carboxylic acids is 1. The fourth-order valence-corrected chi connectivity index (χ4v) is 2.44. The molecule has 1 aliphatic rings. The van der Waals surface area contributed by atoms with Crippen molar-refractivity contribution in [3.8, 4) is 0 Å². The van der Waals surface area contributed by atoms with Crippen LogP contribution in [0.5, 0.6) is 0 Å². The van der Waals surface area contributed by atoms with Crippen LogP contribution in [0.3, 0.4) is 0 Å². The van der Waals surface area contributed by atoms with Crippen LogP contribution in [-0.4, -0.2) is 35.1 Å². The molecule has 1 fully saturated rings. The lowest BCUT2D eigenvalue weighted by Gasteiger charge is -2.35. The van der Waals surface area contributed by atoms with Crippen molar-refractivity contribution in [1.82, 2.24) is 10.1 Å². The number of nitrogens with two attached hydrogens (primary N) is 1. The molecule has 94 valence electrons. The Balaban J connectivity index is 2.24. The molecular formula is C12H19N3O2. The Hall–Kier alpha value is -1.36. The van der Waals surface area contributed by atoms with Gasteiger partial charge in [0.2, 0.25) is 0 Å². The summed E-state index contributed by atoms with van der Waals surface area (Å²) in [5.74, 6) is 0.602. The minimum Gasteiger partial charge on any atom is -0.361 e. The Morgan fingerprint density at radius 2 is 2.29 bits per heavy atom. The molecule has 2 N–H and O–H groups in total. The molecule has 2 rings (SSSR count). The van der Waals surface area contributed by atoms with Crippen molar-refractivity contribution in [2.75, 3.05) is 13.1 Å². The molecule has 1 amide bonds. The zero-order valence-corrected chi connectivity index (χ0v) is 10.4. The second kappa shape index (κ2) is 4.87. The van der Waals surface area contributed by atoms with E-state index in [0.29, 0.717) is 23.6 Å². The molecule has 1 aromatic rings. The van der Waals surface area contributed by atoms with Gasteiger partial charge in [-0.25, -0.2) is 0 Å². The van der Waals surface area contributed by atoms with E-state index in [4.69, 9.17) is 10.3 Å². The first-order valence-electron chi connectivity index (χ1n) is 6.09. The average Bonchev–Trinajstić information content (AvgIpc) is 2.68. The lowest BCUT2D eigenvalue weighted by molar-refractivity contribution is 0.0621.